The van der Waals surface area contributed by atoms with Gasteiger partial charge in [0.1, 0.15) is 30.5 Å². The third-order valence-electron chi connectivity index (χ3n) is 10.0. The molecule has 0 aliphatic carbocycles. The van der Waals surface area contributed by atoms with E-state index in [0.29, 0.717) is 25.6 Å². The molecule has 1 amide bonds. The van der Waals surface area contributed by atoms with Crippen LogP contribution in [0.2, 0.25) is 0 Å². The second-order valence-electron chi connectivity index (χ2n) is 15.5. The summed E-state index contributed by atoms with van der Waals surface area (Å²) in [6, 6.07) is 10.2. The summed E-state index contributed by atoms with van der Waals surface area (Å²) in [5, 5.41) is 14.3. The smallest absolute Gasteiger partial charge is 0.407 e. The van der Waals surface area contributed by atoms with Crippen LogP contribution < -0.4 is 19.5 Å². The minimum absolute atomic E-state index is 0.152. The third-order valence-corrected chi connectivity index (χ3v) is 11.8. The maximum atomic E-state index is 12.3. The molecule has 1 unspecified atom stereocenters. The van der Waals surface area contributed by atoms with Crippen molar-refractivity contribution in [2.45, 2.75) is 162 Å². The Kier molecular flexibility index (Phi) is 29.3. The minimum Gasteiger partial charge on any atom is -0.493 e. The van der Waals surface area contributed by atoms with Gasteiger partial charge in [-0.05, 0) is 49.6 Å². The Labute approximate surface area is 355 Å². The quantitative estimate of drug-likeness (QED) is 0.0300. The normalized spacial score (nSPS) is 12.2. The summed E-state index contributed by atoms with van der Waals surface area (Å²) >= 11 is 0. The first-order valence-electron chi connectivity index (χ1n) is 22.7. The maximum Gasteiger partial charge on any atom is 0.407 e. The lowest BCUT2D eigenvalue weighted by atomic mass is 10.1. The first-order valence-corrected chi connectivity index (χ1v) is 24.9. The van der Waals surface area contributed by atoms with Crippen LogP contribution in [0.15, 0.2) is 36.4 Å². The van der Waals surface area contributed by atoms with Gasteiger partial charge in [0.05, 0.1) is 43.5 Å². The molecule has 12 nitrogen and oxygen atoms in total. The zero-order valence-electron chi connectivity index (χ0n) is 36.9. The molecule has 0 bridgehead atoms. The van der Waals surface area contributed by atoms with Crippen molar-refractivity contribution in [3.63, 3.8) is 0 Å². The number of unbranched alkanes of at least 4 members (excludes halogenated alkanes) is 18. The van der Waals surface area contributed by atoms with E-state index in [2.05, 4.69) is 19.2 Å². The molecule has 2 aromatic carbocycles. The van der Waals surface area contributed by atoms with Gasteiger partial charge >= 0.3 is 6.09 Å². The van der Waals surface area contributed by atoms with Crippen LogP contribution in [0.1, 0.15) is 160 Å². The van der Waals surface area contributed by atoms with Crippen LogP contribution in [0.4, 0.5) is 10.5 Å². The fourth-order valence-electron chi connectivity index (χ4n) is 6.64. The van der Waals surface area contributed by atoms with E-state index in [1.165, 1.54) is 121 Å². The summed E-state index contributed by atoms with van der Waals surface area (Å²) in [5.74, 6) is 1.85. The van der Waals surface area contributed by atoms with Gasteiger partial charge in [-0.1, -0.05) is 129 Å². The molecule has 2 rings (SSSR count). The molecule has 1 N–H and O–H groups in total. The molecule has 0 aromatic heterocycles. The zero-order valence-corrected chi connectivity index (χ0v) is 37.8. The Morgan fingerprint density at radius 2 is 1.17 bits per heavy atom. The van der Waals surface area contributed by atoms with Crippen molar-refractivity contribution in [1.82, 2.24) is 5.32 Å². The van der Waals surface area contributed by atoms with Gasteiger partial charge in [-0.2, -0.15) is 0 Å². The van der Waals surface area contributed by atoms with E-state index >= 15 is 0 Å². The number of nitro groups is 1. The summed E-state index contributed by atoms with van der Waals surface area (Å²) in [5.41, 5.74) is 0.862. The van der Waals surface area contributed by atoms with Gasteiger partial charge in [0.25, 0.3) is 5.69 Å². The molecule has 13 heteroatoms. The first kappa shape index (κ1) is 51.8. The van der Waals surface area contributed by atoms with Crippen LogP contribution in [0.3, 0.4) is 0 Å². The number of alkyl carbamates (subject to hydrolysis) is 1. The lowest BCUT2D eigenvalue weighted by molar-refractivity contribution is -0.385. The number of carbonyl (C=O) groups is 1. The highest BCUT2D eigenvalue weighted by atomic mass is 31.2. The fourth-order valence-corrected chi connectivity index (χ4v) is 7.78. The van der Waals surface area contributed by atoms with Gasteiger partial charge in [-0.25, -0.2) is 4.79 Å². The lowest BCUT2D eigenvalue weighted by Crippen LogP contribution is -2.28. The van der Waals surface area contributed by atoms with Crippen LogP contribution in [-0.4, -0.2) is 63.4 Å². The standard InChI is InChI=1S/C46H77N2O10P/c1-5-8-10-12-14-16-18-20-22-24-29-54-43-34-40(35-44(37-43)55-30-25-23-21-19-17-15-13-11-9-6-2)38-56-42-26-27-45(48(50)51)41(36-42)39-57-46(49)47-28-31-53-32-33-59(4,52)58-7-3/h26-27,34-37H,5-25,28-33,38-39H2,1-4H3,(H,47,49). The van der Waals surface area contributed by atoms with Crippen molar-refractivity contribution >= 4 is 19.1 Å². The number of benzene rings is 2. The number of nitrogens with one attached hydrogen (secondary N) is 1. The molecule has 0 heterocycles. The van der Waals surface area contributed by atoms with Gasteiger partial charge in [0, 0.05) is 31.5 Å². The van der Waals surface area contributed by atoms with E-state index in [0.717, 1.165) is 42.7 Å². The number of carbonyl (C=O) groups excluding carboxylic acids is 1. The highest BCUT2D eigenvalue weighted by Crippen LogP contribution is 2.41. The molecule has 0 aliphatic rings. The molecular weight excluding hydrogens is 771 g/mol. The third kappa shape index (κ3) is 26.5. The number of nitro benzene ring substituents is 1. The van der Waals surface area contributed by atoms with Crippen LogP contribution in [0, 0.1) is 10.1 Å². The van der Waals surface area contributed by atoms with Crippen molar-refractivity contribution in [1.29, 1.82) is 0 Å². The predicted molar refractivity (Wildman–Crippen MR) is 238 cm³/mol. The van der Waals surface area contributed by atoms with E-state index in [9.17, 15) is 19.5 Å². The van der Waals surface area contributed by atoms with Crippen molar-refractivity contribution in [3.8, 4) is 17.2 Å². The molecule has 0 radical (unpaired) electrons. The van der Waals surface area contributed by atoms with E-state index in [4.69, 9.17) is 28.2 Å². The van der Waals surface area contributed by atoms with Crippen LogP contribution in [0.5, 0.6) is 17.2 Å². The van der Waals surface area contributed by atoms with Gasteiger partial charge < -0.3 is 33.5 Å². The van der Waals surface area contributed by atoms with Crippen LogP contribution in [0.25, 0.3) is 0 Å². The number of rotatable bonds is 38. The number of nitrogens with zero attached hydrogens (tertiary/aromatic N) is 1. The van der Waals surface area contributed by atoms with Gasteiger partial charge in [-0.3, -0.25) is 14.7 Å². The van der Waals surface area contributed by atoms with Crippen molar-refractivity contribution < 1.29 is 42.5 Å². The van der Waals surface area contributed by atoms with E-state index in [1.54, 1.807) is 13.6 Å². The Morgan fingerprint density at radius 3 is 1.68 bits per heavy atom. The van der Waals surface area contributed by atoms with Crippen LogP contribution >= 0.6 is 7.37 Å². The maximum absolute atomic E-state index is 12.3. The Bertz CT molecular complexity index is 1410. The molecule has 0 saturated heterocycles. The highest BCUT2D eigenvalue weighted by Gasteiger charge is 2.18. The topological polar surface area (TPSA) is 145 Å². The summed E-state index contributed by atoms with van der Waals surface area (Å²) in [4.78, 5) is 23.6. The highest BCUT2D eigenvalue weighted by molar-refractivity contribution is 7.58. The monoisotopic (exact) mass is 849 g/mol. The number of hydrogen-bond donors (Lipinski definition) is 1. The molecule has 2 aromatic rings. The Hall–Kier alpha value is -3.34. The van der Waals surface area contributed by atoms with E-state index < -0.39 is 18.4 Å². The second-order valence-corrected chi connectivity index (χ2v) is 18.2. The van der Waals surface area contributed by atoms with E-state index in [-0.39, 0.29) is 50.4 Å². The molecule has 336 valence electrons. The SMILES string of the molecule is CCCCCCCCCCCCOc1cc(COc2ccc([N+](=O)[O-])c(COC(=O)NCCOCCP(C)(=O)OCC)c2)cc(OCCCCCCCCCCCC)c1. The molecule has 0 saturated carbocycles. The van der Waals surface area contributed by atoms with E-state index in [1.807, 2.05) is 18.2 Å². The Balaban J connectivity index is 1.92. The average molecular weight is 849 g/mol. The summed E-state index contributed by atoms with van der Waals surface area (Å²) < 4.78 is 46.6. The van der Waals surface area contributed by atoms with Crippen molar-refractivity contribution in [2.24, 2.45) is 0 Å². The summed E-state index contributed by atoms with van der Waals surface area (Å²) in [7, 11) is -2.69. The zero-order chi connectivity index (χ0) is 42.8. The largest absolute Gasteiger partial charge is 0.493 e. The molecule has 1 atom stereocenters. The molecule has 0 fully saturated rings. The van der Waals surface area contributed by atoms with Gasteiger partial charge in [0.15, 0.2) is 0 Å². The van der Waals surface area contributed by atoms with Crippen LogP contribution in [-0.2, 0) is 31.8 Å². The molecule has 0 aliphatic heterocycles. The average Bonchev–Trinajstić information content (AvgIpc) is 3.21. The van der Waals surface area contributed by atoms with Crippen molar-refractivity contribution in [3.05, 3.63) is 57.6 Å². The second kappa shape index (κ2) is 33.4. The fraction of sp³-hybridized carbons (Fsp3) is 0.717. The predicted octanol–water partition coefficient (Wildman–Crippen LogP) is 13.0. The number of hydrogen-bond acceptors (Lipinski definition) is 10. The van der Waals surface area contributed by atoms with Gasteiger partial charge in [0.2, 0.25) is 7.37 Å². The summed E-state index contributed by atoms with van der Waals surface area (Å²) in [6.07, 6.45) is 24.7. The molecular formula is C46H77N2O10P. The number of ether oxygens (including phenoxy) is 5. The van der Waals surface area contributed by atoms with Gasteiger partial charge in [-0.15, -0.1) is 0 Å². The minimum atomic E-state index is -2.69. The molecule has 59 heavy (non-hydrogen) atoms. The molecule has 0 spiro atoms. The first-order chi connectivity index (χ1) is 28.7. The lowest BCUT2D eigenvalue weighted by Gasteiger charge is -2.14. The Morgan fingerprint density at radius 1 is 0.644 bits per heavy atom. The summed E-state index contributed by atoms with van der Waals surface area (Å²) in [6.45, 7) is 9.89. The number of amides is 1. The van der Waals surface area contributed by atoms with Crippen molar-refractivity contribution in [2.75, 3.05) is 52.4 Å².